The maximum Gasteiger partial charge on any atom is 0.338 e. The Morgan fingerprint density at radius 1 is 1.13 bits per heavy atom. The predicted molar refractivity (Wildman–Crippen MR) is 110 cm³/mol. The summed E-state index contributed by atoms with van der Waals surface area (Å²) >= 11 is 0. The van der Waals surface area contributed by atoms with Crippen LogP contribution in [0.5, 0.6) is 5.75 Å². The zero-order valence-corrected chi connectivity index (χ0v) is 16.3. The fourth-order valence-corrected chi connectivity index (χ4v) is 3.54. The van der Waals surface area contributed by atoms with Crippen LogP contribution < -0.4 is 10.1 Å². The molecule has 0 atom stereocenters. The van der Waals surface area contributed by atoms with E-state index in [1.54, 1.807) is 22.9 Å². The van der Waals surface area contributed by atoms with Gasteiger partial charge in [-0.3, -0.25) is 4.79 Å². The second kappa shape index (κ2) is 7.67. The number of nitrogens with zero attached hydrogens (tertiary/aromatic N) is 2. The minimum Gasteiger partial charge on any atom is -0.493 e. The number of hydrogen-bond acceptors (Lipinski definition) is 5. The largest absolute Gasteiger partial charge is 0.493 e. The summed E-state index contributed by atoms with van der Waals surface area (Å²) in [6.45, 7) is 0.249. The quantitative estimate of drug-likeness (QED) is 0.637. The second-order valence-corrected chi connectivity index (χ2v) is 7.52. The lowest BCUT2D eigenvalue weighted by Gasteiger charge is -2.09. The lowest BCUT2D eigenvalue weighted by Crippen LogP contribution is -2.22. The van der Waals surface area contributed by atoms with Crippen molar-refractivity contribution >= 4 is 17.7 Å². The van der Waals surface area contributed by atoms with Crippen molar-refractivity contribution in [1.82, 2.24) is 9.78 Å². The number of carbonyl (C=O) groups excluding carboxylic acids is 2. The van der Waals surface area contributed by atoms with Crippen molar-refractivity contribution in [2.24, 2.45) is 0 Å². The first kappa shape index (κ1) is 18.4. The number of aromatic nitrogens is 2. The lowest BCUT2D eigenvalue weighted by molar-refractivity contribution is -0.119. The zero-order valence-electron chi connectivity index (χ0n) is 16.3. The SMILES string of the molecule is O=C(COC(=O)c1ccc2c(c1)CCO2)Nc1cc(C2CC2)nn1-c1ccccc1. The number of amides is 1. The van der Waals surface area contributed by atoms with Gasteiger partial charge in [-0.1, -0.05) is 18.2 Å². The van der Waals surface area contributed by atoms with Crippen LogP contribution in [0.1, 0.15) is 40.4 Å². The van der Waals surface area contributed by atoms with E-state index < -0.39 is 11.9 Å². The van der Waals surface area contributed by atoms with Crippen molar-refractivity contribution in [3.05, 3.63) is 71.4 Å². The van der Waals surface area contributed by atoms with Crippen LogP contribution in [0.3, 0.4) is 0 Å². The van der Waals surface area contributed by atoms with Crippen LogP contribution in [-0.4, -0.2) is 34.9 Å². The molecule has 1 aromatic heterocycles. The first-order chi connectivity index (χ1) is 14.7. The Balaban J connectivity index is 1.26. The van der Waals surface area contributed by atoms with Crippen LogP contribution in [0.25, 0.3) is 5.69 Å². The molecule has 2 aromatic carbocycles. The number of rotatable bonds is 6. The maximum atomic E-state index is 12.5. The van der Waals surface area contributed by atoms with Gasteiger partial charge in [0.2, 0.25) is 0 Å². The third-order valence-corrected chi connectivity index (χ3v) is 5.25. The molecule has 1 N–H and O–H groups in total. The second-order valence-electron chi connectivity index (χ2n) is 7.52. The van der Waals surface area contributed by atoms with Crippen LogP contribution in [0.2, 0.25) is 0 Å². The summed E-state index contributed by atoms with van der Waals surface area (Å²) in [5.74, 6) is 0.873. The van der Waals surface area contributed by atoms with Crippen LogP contribution >= 0.6 is 0 Å². The predicted octanol–water partition coefficient (Wildman–Crippen LogP) is 3.48. The van der Waals surface area contributed by atoms with E-state index in [1.165, 1.54) is 0 Å². The van der Waals surface area contributed by atoms with Gasteiger partial charge in [0.1, 0.15) is 11.6 Å². The van der Waals surface area contributed by atoms with Crippen molar-refractivity contribution < 1.29 is 19.1 Å². The Kier molecular flexibility index (Phi) is 4.71. The molecule has 0 bridgehead atoms. The minimum atomic E-state index is -0.532. The molecule has 2 heterocycles. The molecule has 152 valence electrons. The average Bonchev–Trinajstić information content (AvgIpc) is 3.37. The monoisotopic (exact) mass is 403 g/mol. The molecule has 2 aliphatic rings. The normalized spacial score (nSPS) is 14.7. The van der Waals surface area contributed by atoms with E-state index >= 15 is 0 Å². The van der Waals surface area contributed by atoms with Gasteiger partial charge in [-0.2, -0.15) is 5.10 Å². The Hall–Kier alpha value is -3.61. The Bertz CT molecular complexity index is 1100. The highest BCUT2D eigenvalue weighted by atomic mass is 16.5. The maximum absolute atomic E-state index is 12.5. The fraction of sp³-hybridized carbons (Fsp3) is 0.261. The zero-order chi connectivity index (χ0) is 20.5. The van der Waals surface area contributed by atoms with Crippen molar-refractivity contribution in [3.63, 3.8) is 0 Å². The number of para-hydroxylation sites is 1. The molecule has 7 nitrogen and oxygen atoms in total. The Labute approximate surface area is 173 Å². The summed E-state index contributed by atoms with van der Waals surface area (Å²) in [5, 5.41) is 7.48. The number of fused-ring (bicyclic) bond motifs is 1. The number of nitrogens with one attached hydrogen (secondary N) is 1. The summed E-state index contributed by atoms with van der Waals surface area (Å²) in [6.07, 6.45) is 3.00. The minimum absolute atomic E-state index is 0.370. The Morgan fingerprint density at radius 3 is 2.77 bits per heavy atom. The Morgan fingerprint density at radius 2 is 1.97 bits per heavy atom. The van der Waals surface area contributed by atoms with Crippen LogP contribution in [-0.2, 0) is 16.0 Å². The molecular formula is C23H21N3O4. The summed E-state index contributed by atoms with van der Waals surface area (Å²) in [6, 6.07) is 16.7. The van der Waals surface area contributed by atoms with Gasteiger partial charge in [0.05, 0.1) is 23.6 Å². The van der Waals surface area contributed by atoms with Crippen LogP contribution in [0.4, 0.5) is 5.82 Å². The van der Waals surface area contributed by atoms with Gasteiger partial charge in [0.25, 0.3) is 5.91 Å². The van der Waals surface area contributed by atoms with E-state index in [-0.39, 0.29) is 6.61 Å². The highest BCUT2D eigenvalue weighted by molar-refractivity contribution is 5.95. The molecule has 0 unspecified atom stereocenters. The molecule has 1 amide bonds. The van der Waals surface area contributed by atoms with Crippen LogP contribution in [0.15, 0.2) is 54.6 Å². The lowest BCUT2D eigenvalue weighted by atomic mass is 10.1. The number of esters is 1. The van der Waals surface area contributed by atoms with Crippen molar-refractivity contribution in [1.29, 1.82) is 0 Å². The van der Waals surface area contributed by atoms with Crippen molar-refractivity contribution in [2.45, 2.75) is 25.2 Å². The van der Waals surface area contributed by atoms with Gasteiger partial charge in [0, 0.05) is 18.4 Å². The summed E-state index contributed by atoms with van der Waals surface area (Å²) < 4.78 is 12.4. The van der Waals surface area contributed by atoms with E-state index in [9.17, 15) is 9.59 Å². The van der Waals surface area contributed by atoms with E-state index in [0.29, 0.717) is 23.9 Å². The summed E-state index contributed by atoms with van der Waals surface area (Å²) in [7, 11) is 0. The standard InChI is InChI=1S/C23H21N3O4/c27-22(14-30-23(28)17-8-9-20-16(12-17)10-11-29-20)24-21-13-19(15-6-7-15)25-26(21)18-4-2-1-3-5-18/h1-5,8-9,12-13,15H,6-7,10-11,14H2,(H,24,27). The number of hydrogen-bond donors (Lipinski definition) is 1. The van der Waals surface area contributed by atoms with Crippen molar-refractivity contribution in [2.75, 3.05) is 18.5 Å². The van der Waals surface area contributed by atoms with Gasteiger partial charge in [-0.05, 0) is 48.7 Å². The van der Waals surface area contributed by atoms with E-state index in [0.717, 1.165) is 42.0 Å². The molecule has 0 saturated heterocycles. The fourth-order valence-electron chi connectivity index (χ4n) is 3.54. The molecule has 0 spiro atoms. The first-order valence-electron chi connectivity index (χ1n) is 10.1. The highest BCUT2D eigenvalue weighted by Gasteiger charge is 2.28. The molecule has 0 radical (unpaired) electrons. The highest BCUT2D eigenvalue weighted by Crippen LogP contribution is 2.40. The number of ether oxygens (including phenoxy) is 2. The number of benzene rings is 2. The van der Waals surface area contributed by atoms with Gasteiger partial charge >= 0.3 is 5.97 Å². The van der Waals surface area contributed by atoms with E-state index in [4.69, 9.17) is 9.47 Å². The van der Waals surface area contributed by atoms with Crippen molar-refractivity contribution in [3.8, 4) is 11.4 Å². The average molecular weight is 403 g/mol. The third kappa shape index (κ3) is 3.78. The van der Waals surface area contributed by atoms with Crippen LogP contribution in [0, 0.1) is 0 Å². The topological polar surface area (TPSA) is 82.5 Å². The van der Waals surface area contributed by atoms with Gasteiger partial charge in [-0.25, -0.2) is 9.48 Å². The van der Waals surface area contributed by atoms with E-state index in [2.05, 4.69) is 10.4 Å². The molecule has 1 saturated carbocycles. The summed E-state index contributed by atoms with van der Waals surface area (Å²) in [5.41, 5.74) is 3.22. The van der Waals surface area contributed by atoms with Gasteiger partial charge < -0.3 is 14.8 Å². The molecule has 1 fully saturated rings. The molecular weight excluding hydrogens is 382 g/mol. The van der Waals surface area contributed by atoms with Gasteiger partial charge in [-0.15, -0.1) is 0 Å². The smallest absolute Gasteiger partial charge is 0.338 e. The van der Waals surface area contributed by atoms with E-state index in [1.807, 2.05) is 36.4 Å². The molecule has 7 heteroatoms. The summed E-state index contributed by atoms with van der Waals surface area (Å²) in [4.78, 5) is 24.8. The molecule has 30 heavy (non-hydrogen) atoms. The molecule has 1 aliphatic heterocycles. The number of anilines is 1. The third-order valence-electron chi connectivity index (χ3n) is 5.25. The molecule has 3 aromatic rings. The van der Waals surface area contributed by atoms with Gasteiger partial charge in [0.15, 0.2) is 6.61 Å². The molecule has 1 aliphatic carbocycles. The number of carbonyl (C=O) groups is 2. The molecule has 5 rings (SSSR count). The first-order valence-corrected chi connectivity index (χ1v) is 10.1.